The third kappa shape index (κ3) is 7.91. The van der Waals surface area contributed by atoms with Crippen LogP contribution in [0.1, 0.15) is 110 Å². The zero-order valence-electron chi connectivity index (χ0n) is 25.1. The van der Waals surface area contributed by atoms with E-state index in [1.807, 2.05) is 0 Å². The second-order valence-electron chi connectivity index (χ2n) is 14.5. The molecule has 0 aromatic rings. The van der Waals surface area contributed by atoms with Gasteiger partial charge in [-0.15, -0.1) is 0 Å². The fourth-order valence-electron chi connectivity index (χ4n) is 10.6. The Hall–Kier alpha value is -1.44. The van der Waals surface area contributed by atoms with Crippen LogP contribution in [0.2, 0.25) is 0 Å². The summed E-state index contributed by atoms with van der Waals surface area (Å²) in [6, 6.07) is 0. The first-order valence-corrected chi connectivity index (χ1v) is 16.0. The summed E-state index contributed by atoms with van der Waals surface area (Å²) in [4.78, 5) is 26.6. The SMILES string of the molecule is C.C.C.C.C.C.COC1CCCC(COC2CC3CC2C(C2C(=O)OC(=O)C2C2C4CC(CC(O)(C(F)(F)F)C(F)(F)F)C(C4)C2C)C3C)O1. The molecule has 0 amide bonds. The van der Waals surface area contributed by atoms with E-state index < -0.39 is 71.8 Å². The fraction of sp³-hybridized carbons (Fsp3) is 0.946. The van der Waals surface area contributed by atoms with Crippen molar-refractivity contribution < 1.29 is 60.0 Å². The molecule has 2 saturated heterocycles. The third-order valence-corrected chi connectivity index (χ3v) is 12.6. The van der Waals surface area contributed by atoms with Crippen molar-refractivity contribution in [2.75, 3.05) is 13.7 Å². The summed E-state index contributed by atoms with van der Waals surface area (Å²) in [5.41, 5.74) is -4.80. The van der Waals surface area contributed by atoms with Gasteiger partial charge in [0.25, 0.3) is 5.60 Å². The Balaban J connectivity index is 0.00000400. The smallest absolute Gasteiger partial charge is 0.393 e. The van der Waals surface area contributed by atoms with Crippen molar-refractivity contribution in [3.63, 3.8) is 0 Å². The number of ether oxygens (including phenoxy) is 4. The molecule has 13 heteroatoms. The molecule has 1 N–H and O–H groups in total. The van der Waals surface area contributed by atoms with E-state index >= 15 is 0 Å². The molecule has 14 atom stereocenters. The first-order chi connectivity index (χ1) is 20.6. The summed E-state index contributed by atoms with van der Waals surface area (Å²) < 4.78 is 104. The Morgan fingerprint density at radius 3 is 1.84 bits per heavy atom. The van der Waals surface area contributed by atoms with Crippen LogP contribution in [0.25, 0.3) is 0 Å². The van der Waals surface area contributed by atoms with E-state index in [2.05, 4.69) is 6.92 Å². The van der Waals surface area contributed by atoms with Crippen LogP contribution in [0, 0.1) is 65.1 Å². The van der Waals surface area contributed by atoms with Crippen LogP contribution in [-0.4, -0.2) is 67.2 Å². The highest BCUT2D eigenvalue weighted by atomic mass is 19.4. The van der Waals surface area contributed by atoms with Gasteiger partial charge in [-0.25, -0.2) is 0 Å². The first-order valence-electron chi connectivity index (χ1n) is 16.0. The van der Waals surface area contributed by atoms with Gasteiger partial charge < -0.3 is 24.1 Å². The number of carbonyl (C=O) groups is 2. The van der Waals surface area contributed by atoms with Crippen molar-refractivity contribution in [3.05, 3.63) is 0 Å². The molecule has 4 aliphatic carbocycles. The van der Waals surface area contributed by atoms with E-state index in [4.69, 9.17) is 18.9 Å². The molecule has 14 unspecified atom stereocenters. The number of rotatable bonds is 8. The van der Waals surface area contributed by atoms with E-state index in [0.717, 1.165) is 32.1 Å². The molecule has 2 heterocycles. The zero-order chi connectivity index (χ0) is 31.9. The average molecular weight is 737 g/mol. The highest BCUT2D eigenvalue weighted by Crippen LogP contribution is 2.65. The van der Waals surface area contributed by atoms with Crippen molar-refractivity contribution in [1.29, 1.82) is 0 Å². The quantitative estimate of drug-likeness (QED) is 0.151. The van der Waals surface area contributed by atoms with E-state index in [1.54, 1.807) is 14.0 Å². The second-order valence-corrected chi connectivity index (χ2v) is 14.5. The van der Waals surface area contributed by atoms with Gasteiger partial charge in [0.15, 0.2) is 6.29 Å². The Morgan fingerprint density at radius 2 is 1.32 bits per heavy atom. The molecule has 0 radical (unpaired) electrons. The number of methoxy groups -OCH3 is 1. The van der Waals surface area contributed by atoms with Gasteiger partial charge in [-0.3, -0.25) is 9.59 Å². The Labute approximate surface area is 296 Å². The predicted octanol–water partition coefficient (Wildman–Crippen LogP) is 9.49. The fourth-order valence-corrected chi connectivity index (χ4v) is 10.6. The molecule has 2 aliphatic heterocycles. The standard InChI is InChI=1S/C31H42F6O7.6CH4/c1-13-15-8-20(21(10-15)42-12-18-5-4-6-22(41-3)43-18)24(13)26-25(27(38)44-28(26)39)23-14(2)19-9-16(23)7-17(19)11-29(40,30(32,33)34)31(35,36)37;;;;;;/h13-26,40H,4-12H2,1-3H3;6*1H4. The molecule has 6 fully saturated rings. The highest BCUT2D eigenvalue weighted by molar-refractivity contribution is 5.97. The van der Waals surface area contributed by atoms with E-state index in [1.165, 1.54) is 0 Å². The van der Waals surface area contributed by atoms with Crippen molar-refractivity contribution in [2.24, 2.45) is 65.1 Å². The van der Waals surface area contributed by atoms with Crippen molar-refractivity contribution in [2.45, 2.75) is 146 Å². The summed E-state index contributed by atoms with van der Waals surface area (Å²) in [5, 5.41) is 9.87. The maximum Gasteiger partial charge on any atom is 0.426 e. The van der Waals surface area contributed by atoms with Crippen LogP contribution in [0.4, 0.5) is 26.3 Å². The van der Waals surface area contributed by atoms with Gasteiger partial charge in [0.1, 0.15) is 0 Å². The van der Waals surface area contributed by atoms with Gasteiger partial charge in [-0.05, 0) is 105 Å². The molecule has 298 valence electrons. The van der Waals surface area contributed by atoms with E-state index in [0.29, 0.717) is 18.9 Å². The molecule has 0 aromatic heterocycles. The summed E-state index contributed by atoms with van der Waals surface area (Å²) >= 11 is 0. The molecule has 4 bridgehead atoms. The molecule has 0 aromatic carbocycles. The molecule has 0 spiro atoms. The molecule has 6 rings (SSSR count). The summed E-state index contributed by atoms with van der Waals surface area (Å²) in [5.74, 6) is -5.15. The minimum atomic E-state index is -5.87. The largest absolute Gasteiger partial charge is 0.426 e. The second kappa shape index (κ2) is 17.1. The molecule has 50 heavy (non-hydrogen) atoms. The summed E-state index contributed by atoms with van der Waals surface area (Å²) in [7, 11) is 1.61. The molecular weight excluding hydrogens is 670 g/mol. The number of aliphatic hydroxyl groups is 1. The maximum absolute atomic E-state index is 13.5. The van der Waals surface area contributed by atoms with Crippen molar-refractivity contribution >= 4 is 11.9 Å². The first kappa shape index (κ1) is 48.6. The van der Waals surface area contributed by atoms with Crippen LogP contribution < -0.4 is 0 Å². The third-order valence-electron chi connectivity index (χ3n) is 12.6. The lowest BCUT2D eigenvalue weighted by Gasteiger charge is -2.43. The van der Waals surface area contributed by atoms with Crippen molar-refractivity contribution in [3.8, 4) is 0 Å². The molecule has 4 saturated carbocycles. The molecule has 7 nitrogen and oxygen atoms in total. The minimum Gasteiger partial charge on any atom is -0.393 e. The van der Waals surface area contributed by atoms with Crippen LogP contribution in [0.3, 0.4) is 0 Å². The number of hydrogen-bond acceptors (Lipinski definition) is 7. The number of carbonyl (C=O) groups excluding carboxylic acids is 2. The number of fused-ring (bicyclic) bond motifs is 4. The topological polar surface area (TPSA) is 91.3 Å². The Kier molecular flexibility index (Phi) is 16.6. The number of hydrogen-bond donors (Lipinski definition) is 1. The maximum atomic E-state index is 13.5. The van der Waals surface area contributed by atoms with Gasteiger partial charge in [-0.1, -0.05) is 58.4 Å². The monoisotopic (exact) mass is 736 g/mol. The van der Waals surface area contributed by atoms with E-state index in [-0.39, 0.29) is 93.2 Å². The lowest BCUT2D eigenvalue weighted by molar-refractivity contribution is -0.373. The highest BCUT2D eigenvalue weighted by Gasteiger charge is 2.72. The zero-order valence-corrected chi connectivity index (χ0v) is 25.1. The minimum absolute atomic E-state index is 0. The number of alkyl halides is 6. The molecule has 6 aliphatic rings. The summed E-state index contributed by atoms with van der Waals surface area (Å²) in [6.07, 6.45) is -8.92. The predicted molar refractivity (Wildman–Crippen MR) is 181 cm³/mol. The van der Waals surface area contributed by atoms with Gasteiger partial charge in [0.2, 0.25) is 0 Å². The van der Waals surface area contributed by atoms with Crippen LogP contribution in [-0.2, 0) is 28.5 Å². The van der Waals surface area contributed by atoms with Crippen LogP contribution in [0.15, 0.2) is 0 Å². The number of halogens is 6. The molecular formula is C37H66F6O7. The van der Waals surface area contributed by atoms with Gasteiger partial charge in [0.05, 0.1) is 30.7 Å². The van der Waals surface area contributed by atoms with Gasteiger partial charge >= 0.3 is 24.3 Å². The van der Waals surface area contributed by atoms with Crippen molar-refractivity contribution in [1.82, 2.24) is 0 Å². The number of esters is 2. The normalized spacial score (nSPS) is 40.4. The van der Waals surface area contributed by atoms with Crippen LogP contribution in [0.5, 0.6) is 0 Å². The van der Waals surface area contributed by atoms with Gasteiger partial charge in [0, 0.05) is 7.11 Å². The van der Waals surface area contributed by atoms with E-state index in [9.17, 15) is 41.0 Å². The van der Waals surface area contributed by atoms with Crippen LogP contribution >= 0.6 is 0 Å². The summed E-state index contributed by atoms with van der Waals surface area (Å²) in [6.45, 7) is 4.24. The van der Waals surface area contributed by atoms with Gasteiger partial charge in [-0.2, -0.15) is 26.3 Å². The average Bonchev–Trinajstić information content (AvgIpc) is 3.73. The lowest BCUT2D eigenvalue weighted by atomic mass is 9.60. The Bertz CT molecular complexity index is 1100. The Morgan fingerprint density at radius 1 is 0.760 bits per heavy atom. The lowest BCUT2D eigenvalue weighted by Crippen LogP contribution is -2.58. The number of cyclic esters (lactones) is 2.